The molecule has 1 heterocycles. The Morgan fingerprint density at radius 1 is 1.38 bits per heavy atom. The minimum Gasteiger partial charge on any atom is -0.398 e. The fourth-order valence-electron chi connectivity index (χ4n) is 2.07. The van der Waals surface area contributed by atoms with Gasteiger partial charge >= 0.3 is 0 Å². The molecule has 1 aliphatic rings. The molecule has 0 spiro atoms. The Hall–Kier alpha value is -1.51. The minimum atomic E-state index is 0.0736. The van der Waals surface area contributed by atoms with Gasteiger partial charge < -0.3 is 10.6 Å². The third-order valence-corrected chi connectivity index (χ3v) is 3.16. The molecule has 0 bridgehead atoms. The van der Waals surface area contributed by atoms with Crippen LogP contribution in [0.4, 0.5) is 5.69 Å². The van der Waals surface area contributed by atoms with E-state index in [0.29, 0.717) is 11.3 Å². The van der Waals surface area contributed by atoms with Crippen LogP contribution in [0.25, 0.3) is 0 Å². The van der Waals surface area contributed by atoms with E-state index in [0.717, 1.165) is 31.5 Å². The second kappa shape index (κ2) is 4.56. The largest absolute Gasteiger partial charge is 0.398 e. The lowest BCUT2D eigenvalue weighted by molar-refractivity contribution is 0.0723. The summed E-state index contributed by atoms with van der Waals surface area (Å²) in [6, 6.07) is 6.51. The number of hydrogen-bond acceptors (Lipinski definition) is 2. The Labute approximate surface area is 96.2 Å². The number of hydrogen-bond donors (Lipinski definition) is 1. The molecular formula is C13H17N2O. The SMILES string of the molecule is Cc1c(C(=O)N2CCCCC2)[c]ccc1N. The van der Waals surface area contributed by atoms with Crippen molar-refractivity contribution in [3.63, 3.8) is 0 Å². The summed E-state index contributed by atoms with van der Waals surface area (Å²) in [6.45, 7) is 3.60. The highest BCUT2D eigenvalue weighted by molar-refractivity contribution is 5.96. The zero-order chi connectivity index (χ0) is 11.5. The van der Waals surface area contributed by atoms with Crippen LogP contribution in [0.1, 0.15) is 35.2 Å². The van der Waals surface area contributed by atoms with Gasteiger partial charge in [-0.3, -0.25) is 4.79 Å². The van der Waals surface area contributed by atoms with Crippen molar-refractivity contribution in [1.82, 2.24) is 4.90 Å². The molecule has 1 radical (unpaired) electrons. The van der Waals surface area contributed by atoms with Crippen LogP contribution >= 0.6 is 0 Å². The van der Waals surface area contributed by atoms with Gasteiger partial charge in [-0.15, -0.1) is 0 Å². The molecule has 3 nitrogen and oxygen atoms in total. The summed E-state index contributed by atoms with van der Waals surface area (Å²) in [6.07, 6.45) is 3.43. The lowest BCUT2D eigenvalue weighted by Crippen LogP contribution is -2.36. The molecule has 3 heteroatoms. The molecule has 16 heavy (non-hydrogen) atoms. The summed E-state index contributed by atoms with van der Waals surface area (Å²) < 4.78 is 0. The Kier molecular flexibility index (Phi) is 3.13. The third-order valence-electron chi connectivity index (χ3n) is 3.16. The van der Waals surface area contributed by atoms with Crippen molar-refractivity contribution in [2.24, 2.45) is 0 Å². The van der Waals surface area contributed by atoms with Crippen LogP contribution < -0.4 is 5.73 Å². The molecule has 1 aromatic rings. The molecule has 0 unspecified atom stereocenters. The molecule has 1 aromatic carbocycles. The van der Waals surface area contributed by atoms with Gasteiger partial charge in [0, 0.05) is 18.8 Å². The number of rotatable bonds is 1. The molecule has 0 atom stereocenters. The van der Waals surface area contributed by atoms with Crippen LogP contribution in [0, 0.1) is 13.0 Å². The van der Waals surface area contributed by atoms with Gasteiger partial charge in [0.1, 0.15) is 0 Å². The highest BCUT2D eigenvalue weighted by Gasteiger charge is 2.20. The monoisotopic (exact) mass is 217 g/mol. The number of benzene rings is 1. The number of likely N-dealkylation sites (tertiary alicyclic amines) is 1. The van der Waals surface area contributed by atoms with Crippen molar-refractivity contribution >= 4 is 11.6 Å². The fraction of sp³-hybridized carbons (Fsp3) is 0.462. The summed E-state index contributed by atoms with van der Waals surface area (Å²) in [4.78, 5) is 14.1. The molecule has 0 saturated carbocycles. The van der Waals surface area contributed by atoms with E-state index in [9.17, 15) is 4.79 Å². The number of nitrogens with two attached hydrogens (primary N) is 1. The minimum absolute atomic E-state index is 0.0736. The molecule has 1 amide bonds. The second-order valence-electron chi connectivity index (χ2n) is 4.29. The number of carbonyl (C=O) groups excluding carboxylic acids is 1. The first-order chi connectivity index (χ1) is 7.70. The van der Waals surface area contributed by atoms with Gasteiger partial charge in [-0.1, -0.05) is 6.07 Å². The van der Waals surface area contributed by atoms with Crippen LogP contribution in [0.2, 0.25) is 0 Å². The van der Waals surface area contributed by atoms with Crippen LogP contribution in [-0.4, -0.2) is 23.9 Å². The van der Waals surface area contributed by atoms with Gasteiger partial charge in [0.25, 0.3) is 5.91 Å². The molecule has 0 aliphatic carbocycles. The maximum Gasteiger partial charge on any atom is 0.254 e. The Morgan fingerprint density at radius 2 is 2.06 bits per heavy atom. The zero-order valence-corrected chi connectivity index (χ0v) is 9.62. The van der Waals surface area contributed by atoms with Crippen molar-refractivity contribution in [1.29, 1.82) is 0 Å². The molecule has 85 valence electrons. The molecular weight excluding hydrogens is 200 g/mol. The molecule has 1 fully saturated rings. The van der Waals surface area contributed by atoms with Crippen LogP contribution in [0.15, 0.2) is 12.1 Å². The summed E-state index contributed by atoms with van der Waals surface area (Å²) in [5.74, 6) is 0.0736. The number of nitrogen functional groups attached to an aromatic ring is 1. The van der Waals surface area contributed by atoms with Crippen molar-refractivity contribution in [2.75, 3.05) is 18.8 Å². The first kappa shape index (κ1) is 11.0. The van der Waals surface area contributed by atoms with E-state index >= 15 is 0 Å². The molecule has 1 aliphatic heterocycles. The summed E-state index contributed by atoms with van der Waals surface area (Å²) in [5, 5.41) is 0. The van der Waals surface area contributed by atoms with Crippen molar-refractivity contribution < 1.29 is 4.79 Å². The van der Waals surface area contributed by atoms with Crippen LogP contribution in [-0.2, 0) is 0 Å². The van der Waals surface area contributed by atoms with Gasteiger partial charge in [-0.2, -0.15) is 0 Å². The van der Waals surface area contributed by atoms with Gasteiger partial charge in [-0.05, 0) is 43.9 Å². The predicted octanol–water partition coefficient (Wildman–Crippen LogP) is 2.00. The van der Waals surface area contributed by atoms with Crippen molar-refractivity contribution in [3.05, 3.63) is 29.3 Å². The Morgan fingerprint density at radius 3 is 2.75 bits per heavy atom. The molecule has 2 rings (SSSR count). The third kappa shape index (κ3) is 2.03. The number of amides is 1. The number of anilines is 1. The van der Waals surface area contributed by atoms with Gasteiger partial charge in [-0.25, -0.2) is 0 Å². The van der Waals surface area contributed by atoms with E-state index in [1.807, 2.05) is 11.8 Å². The van der Waals surface area contributed by atoms with E-state index < -0.39 is 0 Å². The lowest BCUT2D eigenvalue weighted by Gasteiger charge is -2.27. The first-order valence-electron chi connectivity index (χ1n) is 5.76. The first-order valence-corrected chi connectivity index (χ1v) is 5.76. The Bertz CT molecular complexity index is 395. The van der Waals surface area contributed by atoms with Crippen LogP contribution in [0.3, 0.4) is 0 Å². The zero-order valence-electron chi connectivity index (χ0n) is 9.62. The van der Waals surface area contributed by atoms with Gasteiger partial charge in [0.15, 0.2) is 0 Å². The van der Waals surface area contributed by atoms with E-state index in [1.54, 1.807) is 12.1 Å². The average Bonchev–Trinajstić information content (AvgIpc) is 2.33. The number of carbonyl (C=O) groups is 1. The second-order valence-corrected chi connectivity index (χ2v) is 4.29. The lowest BCUT2D eigenvalue weighted by atomic mass is 10.0. The van der Waals surface area contributed by atoms with E-state index in [1.165, 1.54) is 6.42 Å². The van der Waals surface area contributed by atoms with Crippen molar-refractivity contribution in [3.8, 4) is 0 Å². The smallest absolute Gasteiger partial charge is 0.254 e. The quantitative estimate of drug-likeness (QED) is 0.731. The molecule has 1 saturated heterocycles. The van der Waals surface area contributed by atoms with E-state index in [4.69, 9.17) is 5.73 Å². The highest BCUT2D eigenvalue weighted by Crippen LogP contribution is 2.19. The van der Waals surface area contributed by atoms with Crippen molar-refractivity contribution in [2.45, 2.75) is 26.2 Å². The predicted molar refractivity (Wildman–Crippen MR) is 64.2 cm³/mol. The summed E-state index contributed by atoms with van der Waals surface area (Å²) >= 11 is 0. The van der Waals surface area contributed by atoms with Gasteiger partial charge in [0.05, 0.1) is 5.56 Å². The standard InChI is InChI=1S/C13H17N2O/c1-10-11(6-5-7-12(10)14)13(16)15-8-3-2-4-9-15/h5,7H,2-4,8-9,14H2,1H3. The van der Waals surface area contributed by atoms with E-state index in [-0.39, 0.29) is 5.91 Å². The molecule has 0 aromatic heterocycles. The summed E-state index contributed by atoms with van der Waals surface area (Å²) in [5.41, 5.74) is 7.94. The van der Waals surface area contributed by atoms with Crippen LogP contribution in [0.5, 0.6) is 0 Å². The number of nitrogens with zero attached hydrogens (tertiary/aromatic N) is 1. The average molecular weight is 217 g/mol. The van der Waals surface area contributed by atoms with Gasteiger partial charge in [0.2, 0.25) is 0 Å². The summed E-state index contributed by atoms with van der Waals surface area (Å²) in [7, 11) is 0. The highest BCUT2D eigenvalue weighted by atomic mass is 16.2. The maximum absolute atomic E-state index is 12.2. The van der Waals surface area contributed by atoms with E-state index in [2.05, 4.69) is 6.07 Å². The molecule has 2 N–H and O–H groups in total. The normalized spacial score (nSPS) is 16.2. The number of piperidine rings is 1. The topological polar surface area (TPSA) is 46.3 Å². The Balaban J connectivity index is 2.22. The fourth-order valence-corrected chi connectivity index (χ4v) is 2.07. The maximum atomic E-state index is 12.2.